The zero-order valence-corrected chi connectivity index (χ0v) is 8.97. The van der Waals surface area contributed by atoms with Gasteiger partial charge in [0.2, 0.25) is 0 Å². The van der Waals surface area contributed by atoms with Gasteiger partial charge in [-0.25, -0.2) is 15.0 Å². The first-order valence-corrected chi connectivity index (χ1v) is 4.98. The Kier molecular flexibility index (Phi) is 3.60. The Hall–Kier alpha value is -0.700. The molecule has 0 aliphatic carbocycles. The van der Waals surface area contributed by atoms with Gasteiger partial charge in [0.05, 0.1) is 5.38 Å². The van der Waals surface area contributed by atoms with E-state index < -0.39 is 0 Å². The third-order valence-corrected chi connectivity index (χ3v) is 1.93. The second kappa shape index (κ2) is 4.51. The van der Waals surface area contributed by atoms with Gasteiger partial charge in [0, 0.05) is 12.8 Å². The number of hydrogen-bond donors (Lipinski definition) is 0. The number of nitrogens with zero attached hydrogens (tertiary/aromatic N) is 3. The highest BCUT2D eigenvalue weighted by Crippen LogP contribution is 2.14. The van der Waals surface area contributed by atoms with Crippen molar-refractivity contribution in [3.63, 3.8) is 0 Å². The van der Waals surface area contributed by atoms with Crippen LogP contribution in [0.2, 0.25) is 0 Å². The van der Waals surface area contributed by atoms with Crippen molar-refractivity contribution in [3.8, 4) is 0 Å². The number of aryl methyl sites for hydroxylation is 2. The summed E-state index contributed by atoms with van der Waals surface area (Å²) in [6.07, 6.45) is 1.65. The first kappa shape index (κ1) is 10.4. The van der Waals surface area contributed by atoms with E-state index in [-0.39, 0.29) is 5.38 Å². The Balaban J connectivity index is 3.07. The molecule has 4 heteroatoms. The normalized spacial score (nSPS) is 12.9. The molecular formula is C9H14ClN3. The molecule has 0 aromatic carbocycles. The molecule has 0 fully saturated rings. The van der Waals surface area contributed by atoms with Gasteiger partial charge >= 0.3 is 0 Å². The summed E-state index contributed by atoms with van der Waals surface area (Å²) in [5.74, 6) is 2.34. The molecule has 0 amide bonds. The van der Waals surface area contributed by atoms with E-state index in [0.717, 1.165) is 24.5 Å². The van der Waals surface area contributed by atoms with E-state index in [4.69, 9.17) is 11.6 Å². The minimum atomic E-state index is -0.140. The van der Waals surface area contributed by atoms with Crippen molar-refractivity contribution < 1.29 is 0 Å². The van der Waals surface area contributed by atoms with E-state index in [0.29, 0.717) is 5.82 Å². The Morgan fingerprint density at radius 3 is 1.85 bits per heavy atom. The van der Waals surface area contributed by atoms with Gasteiger partial charge in [0.25, 0.3) is 0 Å². The number of aromatic nitrogens is 3. The first-order chi connectivity index (χ1) is 6.17. The quantitative estimate of drug-likeness (QED) is 0.702. The minimum absolute atomic E-state index is 0.140. The second-order valence-corrected chi connectivity index (χ2v) is 3.50. The Labute approximate surface area is 83.6 Å². The highest BCUT2D eigenvalue weighted by molar-refractivity contribution is 6.20. The summed E-state index contributed by atoms with van der Waals surface area (Å²) < 4.78 is 0. The predicted octanol–water partition coefficient (Wildman–Crippen LogP) is 2.30. The van der Waals surface area contributed by atoms with E-state index in [1.54, 1.807) is 0 Å². The van der Waals surface area contributed by atoms with Gasteiger partial charge in [0.1, 0.15) is 17.5 Å². The van der Waals surface area contributed by atoms with E-state index >= 15 is 0 Å². The van der Waals surface area contributed by atoms with Crippen LogP contribution < -0.4 is 0 Å². The van der Waals surface area contributed by atoms with E-state index in [2.05, 4.69) is 15.0 Å². The van der Waals surface area contributed by atoms with Crippen LogP contribution in [0.1, 0.15) is 43.6 Å². The molecule has 0 saturated heterocycles. The van der Waals surface area contributed by atoms with E-state index in [9.17, 15) is 0 Å². The fourth-order valence-corrected chi connectivity index (χ4v) is 1.08. The molecule has 1 aromatic heterocycles. The van der Waals surface area contributed by atoms with Crippen LogP contribution in [0, 0.1) is 0 Å². The lowest BCUT2D eigenvalue weighted by atomic mass is 10.3. The van der Waals surface area contributed by atoms with E-state index in [1.165, 1.54) is 0 Å². The van der Waals surface area contributed by atoms with Crippen molar-refractivity contribution >= 4 is 11.6 Å². The molecule has 0 bridgehead atoms. The van der Waals surface area contributed by atoms with Crippen molar-refractivity contribution in [2.24, 2.45) is 0 Å². The lowest BCUT2D eigenvalue weighted by molar-refractivity contribution is 0.763. The lowest BCUT2D eigenvalue weighted by Crippen LogP contribution is -2.06. The minimum Gasteiger partial charge on any atom is -0.218 e. The average Bonchev–Trinajstić information content (AvgIpc) is 2.16. The number of halogens is 1. The number of hydrogen-bond acceptors (Lipinski definition) is 3. The molecule has 0 N–H and O–H groups in total. The SMILES string of the molecule is CCc1nc(CC)nc(C(C)Cl)n1. The van der Waals surface area contributed by atoms with Gasteiger partial charge in [-0.15, -0.1) is 11.6 Å². The number of rotatable bonds is 3. The maximum Gasteiger partial charge on any atom is 0.150 e. The van der Waals surface area contributed by atoms with Gasteiger partial charge in [-0.1, -0.05) is 13.8 Å². The van der Waals surface area contributed by atoms with Crippen LogP contribution in [0.3, 0.4) is 0 Å². The maximum absolute atomic E-state index is 5.91. The summed E-state index contributed by atoms with van der Waals surface area (Å²) in [6.45, 7) is 5.92. The van der Waals surface area contributed by atoms with Crippen LogP contribution in [0.25, 0.3) is 0 Å². The van der Waals surface area contributed by atoms with Crippen LogP contribution in [-0.2, 0) is 12.8 Å². The molecule has 1 aromatic rings. The van der Waals surface area contributed by atoms with Gasteiger partial charge in [0.15, 0.2) is 0 Å². The smallest absolute Gasteiger partial charge is 0.150 e. The topological polar surface area (TPSA) is 38.7 Å². The fraction of sp³-hybridized carbons (Fsp3) is 0.667. The molecule has 0 aliphatic heterocycles. The van der Waals surface area contributed by atoms with E-state index in [1.807, 2.05) is 20.8 Å². The number of alkyl halides is 1. The van der Waals surface area contributed by atoms with Gasteiger partial charge in [-0.2, -0.15) is 0 Å². The molecule has 1 rings (SSSR count). The highest BCUT2D eigenvalue weighted by Gasteiger charge is 2.08. The summed E-state index contributed by atoms with van der Waals surface area (Å²) in [4.78, 5) is 12.8. The van der Waals surface area contributed by atoms with Crippen molar-refractivity contribution in [3.05, 3.63) is 17.5 Å². The maximum atomic E-state index is 5.91. The molecule has 1 unspecified atom stereocenters. The van der Waals surface area contributed by atoms with Crippen LogP contribution >= 0.6 is 11.6 Å². The molecular weight excluding hydrogens is 186 g/mol. The molecule has 0 saturated carbocycles. The standard InChI is InChI=1S/C9H14ClN3/c1-4-7-11-8(5-2)13-9(12-7)6(3)10/h6H,4-5H2,1-3H3. The molecule has 0 aliphatic rings. The third-order valence-electron chi connectivity index (χ3n) is 1.73. The molecule has 0 spiro atoms. The monoisotopic (exact) mass is 199 g/mol. The second-order valence-electron chi connectivity index (χ2n) is 2.85. The summed E-state index contributed by atoms with van der Waals surface area (Å²) >= 11 is 5.91. The van der Waals surface area contributed by atoms with Crippen LogP contribution in [0.5, 0.6) is 0 Å². The third kappa shape index (κ3) is 2.62. The van der Waals surface area contributed by atoms with Gasteiger partial charge < -0.3 is 0 Å². The fourth-order valence-electron chi connectivity index (χ4n) is 0.983. The summed E-state index contributed by atoms with van der Waals surface area (Å²) in [5.41, 5.74) is 0. The Morgan fingerprint density at radius 2 is 1.54 bits per heavy atom. The zero-order valence-electron chi connectivity index (χ0n) is 8.21. The van der Waals surface area contributed by atoms with Gasteiger partial charge in [-0.05, 0) is 6.92 Å². The molecule has 1 atom stereocenters. The van der Waals surface area contributed by atoms with Crippen LogP contribution in [-0.4, -0.2) is 15.0 Å². The Morgan fingerprint density at radius 1 is 1.08 bits per heavy atom. The highest BCUT2D eigenvalue weighted by atomic mass is 35.5. The summed E-state index contributed by atoms with van der Waals surface area (Å²) in [6, 6.07) is 0. The van der Waals surface area contributed by atoms with Crippen molar-refractivity contribution in [2.45, 2.75) is 39.0 Å². The zero-order chi connectivity index (χ0) is 9.84. The van der Waals surface area contributed by atoms with Crippen LogP contribution in [0.4, 0.5) is 0 Å². The largest absolute Gasteiger partial charge is 0.218 e. The van der Waals surface area contributed by atoms with Crippen molar-refractivity contribution in [2.75, 3.05) is 0 Å². The molecule has 1 heterocycles. The van der Waals surface area contributed by atoms with Gasteiger partial charge in [-0.3, -0.25) is 0 Å². The van der Waals surface area contributed by atoms with Crippen LogP contribution in [0.15, 0.2) is 0 Å². The molecule has 0 radical (unpaired) electrons. The summed E-state index contributed by atoms with van der Waals surface area (Å²) in [5, 5.41) is -0.140. The Bertz CT molecular complexity index is 264. The predicted molar refractivity (Wildman–Crippen MR) is 52.9 cm³/mol. The first-order valence-electron chi connectivity index (χ1n) is 4.55. The molecule has 72 valence electrons. The molecule has 13 heavy (non-hydrogen) atoms. The van der Waals surface area contributed by atoms with Crippen molar-refractivity contribution in [1.29, 1.82) is 0 Å². The lowest BCUT2D eigenvalue weighted by Gasteiger charge is -2.05. The average molecular weight is 200 g/mol. The van der Waals surface area contributed by atoms with Crippen molar-refractivity contribution in [1.82, 2.24) is 15.0 Å². The molecule has 3 nitrogen and oxygen atoms in total. The summed E-state index contributed by atoms with van der Waals surface area (Å²) in [7, 11) is 0.